The summed E-state index contributed by atoms with van der Waals surface area (Å²) in [6, 6.07) is 0. The Morgan fingerprint density at radius 2 is 0.786 bits per heavy atom. The fraction of sp³-hybridized carbons (Fsp3) is 0.533. The molecular weight excluding hydrogens is 388 g/mol. The molecule has 0 aromatic heterocycles. The van der Waals surface area contributed by atoms with Crippen molar-refractivity contribution in [2.24, 2.45) is 0 Å². The van der Waals surface area contributed by atoms with Gasteiger partial charge in [-0.3, -0.25) is 9.59 Å². The van der Waals surface area contributed by atoms with E-state index in [1.165, 1.54) is 6.92 Å². The lowest BCUT2D eigenvalue weighted by Gasteiger charge is -2.07. The van der Waals surface area contributed by atoms with Crippen molar-refractivity contribution < 1.29 is 62.0 Å². The zero-order valence-corrected chi connectivity index (χ0v) is 15.0. The van der Waals surface area contributed by atoms with Gasteiger partial charge in [-0.2, -0.15) is 0 Å². The third-order valence-corrected chi connectivity index (χ3v) is 2.30. The SMILES string of the molecule is CCC(=O)OCC(=O)OCC(=O)OCC(=O)OCC(=O)OCC(=O)OC(C)=O. The minimum atomic E-state index is -1.13. The lowest BCUT2D eigenvalue weighted by atomic mass is 10.5. The number of esters is 7. The molecule has 0 saturated heterocycles. The van der Waals surface area contributed by atoms with E-state index < -0.39 is 74.8 Å². The highest BCUT2D eigenvalue weighted by Crippen LogP contribution is 1.91. The Morgan fingerprint density at radius 1 is 0.500 bits per heavy atom. The zero-order valence-electron chi connectivity index (χ0n) is 15.0. The molecule has 13 nitrogen and oxygen atoms in total. The summed E-state index contributed by atoms with van der Waals surface area (Å²) in [7, 11) is 0. The molecule has 13 heteroatoms. The minimum Gasteiger partial charge on any atom is -0.454 e. The normalized spacial score (nSPS) is 9.50. The summed E-state index contributed by atoms with van der Waals surface area (Å²) in [6.07, 6.45) is 0.0630. The van der Waals surface area contributed by atoms with Crippen LogP contribution in [0, 0.1) is 0 Å². The van der Waals surface area contributed by atoms with Crippen LogP contribution in [0.5, 0.6) is 0 Å². The number of carbonyl (C=O) groups excluding carboxylic acids is 7. The Kier molecular flexibility index (Phi) is 11.9. The Balaban J connectivity index is 3.87. The first-order valence-electron chi connectivity index (χ1n) is 7.63. The summed E-state index contributed by atoms with van der Waals surface area (Å²) in [6.45, 7) is -1.65. The number of ether oxygens (including phenoxy) is 6. The molecule has 0 atom stereocenters. The maximum absolute atomic E-state index is 11.3. The molecule has 0 spiro atoms. The standard InChI is InChI=1S/C15H18O13/c1-3-10(17)23-4-11(18)24-5-12(19)25-6-13(20)26-7-14(21)27-8-15(22)28-9(2)16/h3-8H2,1-2H3. The van der Waals surface area contributed by atoms with Crippen molar-refractivity contribution in [2.75, 3.05) is 33.0 Å². The van der Waals surface area contributed by atoms with Crippen LogP contribution >= 0.6 is 0 Å². The molecule has 0 heterocycles. The van der Waals surface area contributed by atoms with E-state index >= 15 is 0 Å². The lowest BCUT2D eigenvalue weighted by molar-refractivity contribution is -0.172. The van der Waals surface area contributed by atoms with Gasteiger partial charge in [-0.1, -0.05) is 6.92 Å². The van der Waals surface area contributed by atoms with Crippen molar-refractivity contribution in [3.63, 3.8) is 0 Å². The predicted molar refractivity (Wildman–Crippen MR) is 81.9 cm³/mol. The highest BCUT2D eigenvalue weighted by atomic mass is 16.6. The van der Waals surface area contributed by atoms with Crippen LogP contribution in [0.1, 0.15) is 20.3 Å². The number of rotatable bonds is 11. The first-order chi connectivity index (χ1) is 13.1. The molecule has 0 N–H and O–H groups in total. The van der Waals surface area contributed by atoms with Gasteiger partial charge in [0.2, 0.25) is 0 Å². The van der Waals surface area contributed by atoms with Gasteiger partial charge in [-0.15, -0.1) is 0 Å². The molecule has 0 aliphatic carbocycles. The van der Waals surface area contributed by atoms with E-state index in [0.29, 0.717) is 0 Å². The molecule has 0 unspecified atom stereocenters. The smallest absolute Gasteiger partial charge is 0.351 e. The average molecular weight is 406 g/mol. The van der Waals surface area contributed by atoms with E-state index in [4.69, 9.17) is 0 Å². The second kappa shape index (κ2) is 13.7. The largest absolute Gasteiger partial charge is 0.454 e. The van der Waals surface area contributed by atoms with Crippen LogP contribution in [-0.4, -0.2) is 74.8 Å². The van der Waals surface area contributed by atoms with Crippen LogP contribution in [0.25, 0.3) is 0 Å². The third-order valence-electron chi connectivity index (χ3n) is 2.30. The summed E-state index contributed by atoms with van der Waals surface area (Å²) < 4.78 is 26.1. The van der Waals surface area contributed by atoms with Crippen LogP contribution in [-0.2, 0) is 62.0 Å². The maximum Gasteiger partial charge on any atom is 0.351 e. The number of hydrogen-bond acceptors (Lipinski definition) is 13. The van der Waals surface area contributed by atoms with Crippen LogP contribution in [0.4, 0.5) is 0 Å². The molecule has 0 aromatic rings. The second-order valence-corrected chi connectivity index (χ2v) is 4.62. The molecular formula is C15H18O13. The van der Waals surface area contributed by atoms with Crippen LogP contribution in [0.2, 0.25) is 0 Å². The summed E-state index contributed by atoms with van der Waals surface area (Å²) >= 11 is 0. The van der Waals surface area contributed by atoms with Gasteiger partial charge < -0.3 is 28.4 Å². The molecule has 0 rings (SSSR count). The summed E-state index contributed by atoms with van der Waals surface area (Å²) in [5, 5.41) is 0. The molecule has 0 amide bonds. The van der Waals surface area contributed by atoms with Crippen LogP contribution < -0.4 is 0 Å². The highest BCUT2D eigenvalue weighted by Gasteiger charge is 2.15. The predicted octanol–water partition coefficient (Wildman–Crippen LogP) is -1.80. The summed E-state index contributed by atoms with van der Waals surface area (Å²) in [5.41, 5.74) is 0. The Labute approximate surface area is 158 Å². The summed E-state index contributed by atoms with van der Waals surface area (Å²) in [4.78, 5) is 77.1. The van der Waals surface area contributed by atoms with Crippen molar-refractivity contribution in [1.82, 2.24) is 0 Å². The molecule has 0 bridgehead atoms. The summed E-state index contributed by atoms with van der Waals surface area (Å²) in [5.74, 6) is -6.96. The van der Waals surface area contributed by atoms with Crippen molar-refractivity contribution >= 4 is 41.8 Å². The van der Waals surface area contributed by atoms with Crippen LogP contribution in [0.3, 0.4) is 0 Å². The van der Waals surface area contributed by atoms with Gasteiger partial charge in [0, 0.05) is 13.3 Å². The highest BCUT2D eigenvalue weighted by molar-refractivity contribution is 5.86. The van der Waals surface area contributed by atoms with Gasteiger partial charge >= 0.3 is 41.8 Å². The van der Waals surface area contributed by atoms with Crippen molar-refractivity contribution in [3.05, 3.63) is 0 Å². The Bertz CT molecular complexity index is 621. The van der Waals surface area contributed by atoms with E-state index in [0.717, 1.165) is 6.92 Å². The van der Waals surface area contributed by atoms with E-state index in [-0.39, 0.29) is 6.42 Å². The zero-order chi connectivity index (χ0) is 21.5. The van der Waals surface area contributed by atoms with Crippen LogP contribution in [0.15, 0.2) is 0 Å². The van der Waals surface area contributed by atoms with Gasteiger partial charge in [-0.25, -0.2) is 24.0 Å². The van der Waals surface area contributed by atoms with Gasteiger partial charge in [0.15, 0.2) is 33.0 Å². The molecule has 0 saturated carbocycles. The average Bonchev–Trinajstić information content (AvgIpc) is 2.64. The first kappa shape index (κ1) is 24.5. The molecule has 156 valence electrons. The molecule has 0 aliphatic heterocycles. The topological polar surface area (TPSA) is 175 Å². The Morgan fingerprint density at radius 3 is 1.07 bits per heavy atom. The fourth-order valence-electron chi connectivity index (χ4n) is 1.16. The van der Waals surface area contributed by atoms with Crippen molar-refractivity contribution in [3.8, 4) is 0 Å². The fourth-order valence-corrected chi connectivity index (χ4v) is 1.16. The minimum absolute atomic E-state index is 0.0630. The van der Waals surface area contributed by atoms with Gasteiger partial charge in [-0.05, 0) is 0 Å². The van der Waals surface area contributed by atoms with E-state index in [9.17, 15) is 33.6 Å². The third kappa shape index (κ3) is 13.7. The number of carbonyl (C=O) groups is 7. The first-order valence-corrected chi connectivity index (χ1v) is 7.63. The molecule has 28 heavy (non-hydrogen) atoms. The number of hydrogen-bond donors (Lipinski definition) is 0. The molecule has 0 radical (unpaired) electrons. The quantitative estimate of drug-likeness (QED) is 0.214. The van der Waals surface area contributed by atoms with Crippen molar-refractivity contribution in [2.45, 2.75) is 20.3 Å². The van der Waals surface area contributed by atoms with Gasteiger partial charge in [0.1, 0.15) is 0 Å². The molecule has 0 aliphatic rings. The van der Waals surface area contributed by atoms with Gasteiger partial charge in [0.05, 0.1) is 0 Å². The van der Waals surface area contributed by atoms with E-state index in [2.05, 4.69) is 28.4 Å². The lowest BCUT2D eigenvalue weighted by Crippen LogP contribution is -2.25. The molecule has 0 fully saturated rings. The van der Waals surface area contributed by atoms with Crippen molar-refractivity contribution in [1.29, 1.82) is 0 Å². The maximum atomic E-state index is 11.3. The molecule has 0 aromatic carbocycles. The van der Waals surface area contributed by atoms with E-state index in [1.54, 1.807) is 0 Å². The Hall–Kier alpha value is -3.51. The van der Waals surface area contributed by atoms with E-state index in [1.807, 2.05) is 0 Å². The monoisotopic (exact) mass is 406 g/mol. The second-order valence-electron chi connectivity index (χ2n) is 4.62. The van der Waals surface area contributed by atoms with Gasteiger partial charge in [0.25, 0.3) is 0 Å².